The highest BCUT2D eigenvalue weighted by Crippen LogP contribution is 2.30. The van der Waals surface area contributed by atoms with E-state index >= 15 is 0 Å². The first-order valence-electron chi connectivity index (χ1n) is 7.58. The SMILES string of the molecule is O=S(=O)(Nc1ccc(C(F)(F)F)cc1)c1ccc2c(c1)CCCC2. The molecule has 0 saturated carbocycles. The Morgan fingerprint density at radius 1 is 0.875 bits per heavy atom. The monoisotopic (exact) mass is 355 g/mol. The Hall–Kier alpha value is -2.02. The van der Waals surface area contributed by atoms with Crippen LogP contribution in [0.15, 0.2) is 47.4 Å². The van der Waals surface area contributed by atoms with Crippen molar-refractivity contribution in [3.05, 3.63) is 59.2 Å². The molecule has 2 aromatic rings. The normalized spacial score (nSPS) is 15.0. The molecule has 0 atom stereocenters. The molecule has 1 aliphatic rings. The highest BCUT2D eigenvalue weighted by Gasteiger charge is 2.30. The third-order valence-corrected chi connectivity index (χ3v) is 5.47. The number of hydrogen-bond acceptors (Lipinski definition) is 2. The van der Waals surface area contributed by atoms with E-state index in [0.29, 0.717) is 0 Å². The first kappa shape index (κ1) is 16.8. The Bertz CT molecular complexity index is 843. The van der Waals surface area contributed by atoms with Crippen molar-refractivity contribution >= 4 is 15.7 Å². The summed E-state index contributed by atoms with van der Waals surface area (Å²) >= 11 is 0. The van der Waals surface area contributed by atoms with E-state index in [1.807, 2.05) is 6.07 Å². The van der Waals surface area contributed by atoms with Crippen LogP contribution in [0.25, 0.3) is 0 Å². The Morgan fingerprint density at radius 3 is 2.12 bits per heavy atom. The number of rotatable bonds is 3. The molecule has 0 aromatic heterocycles. The van der Waals surface area contributed by atoms with Crippen LogP contribution in [0.5, 0.6) is 0 Å². The summed E-state index contributed by atoms with van der Waals surface area (Å²) in [6.45, 7) is 0. The van der Waals surface area contributed by atoms with Crippen molar-refractivity contribution in [3.8, 4) is 0 Å². The van der Waals surface area contributed by atoms with Crippen LogP contribution in [-0.4, -0.2) is 8.42 Å². The Kier molecular flexibility index (Phi) is 4.29. The van der Waals surface area contributed by atoms with E-state index in [1.165, 1.54) is 6.07 Å². The third kappa shape index (κ3) is 3.56. The fourth-order valence-corrected chi connectivity index (χ4v) is 3.93. The number of anilines is 1. The van der Waals surface area contributed by atoms with Crippen LogP contribution in [-0.2, 0) is 29.0 Å². The number of benzene rings is 2. The lowest BCUT2D eigenvalue weighted by molar-refractivity contribution is -0.137. The van der Waals surface area contributed by atoms with E-state index in [-0.39, 0.29) is 10.6 Å². The summed E-state index contributed by atoms with van der Waals surface area (Å²) in [6.07, 6.45) is -0.525. The lowest BCUT2D eigenvalue weighted by atomic mass is 9.92. The molecular formula is C17H16F3NO2S. The molecule has 3 nitrogen and oxygen atoms in total. The van der Waals surface area contributed by atoms with Gasteiger partial charge in [-0.25, -0.2) is 8.42 Å². The minimum absolute atomic E-state index is 0.0979. The van der Waals surface area contributed by atoms with Gasteiger partial charge in [0.1, 0.15) is 0 Å². The third-order valence-electron chi connectivity index (χ3n) is 4.09. The lowest BCUT2D eigenvalue weighted by Crippen LogP contribution is -2.14. The van der Waals surface area contributed by atoms with Gasteiger partial charge in [0.05, 0.1) is 10.5 Å². The standard InChI is InChI=1S/C17H16F3NO2S/c18-17(19,20)14-6-8-15(9-7-14)21-24(22,23)16-10-5-12-3-1-2-4-13(12)11-16/h5-11,21H,1-4H2. The maximum Gasteiger partial charge on any atom is 0.416 e. The van der Waals surface area contributed by atoms with Crippen LogP contribution in [0.3, 0.4) is 0 Å². The molecule has 1 N–H and O–H groups in total. The van der Waals surface area contributed by atoms with Crippen LogP contribution < -0.4 is 4.72 Å². The first-order chi connectivity index (χ1) is 11.3. The largest absolute Gasteiger partial charge is 0.416 e. The van der Waals surface area contributed by atoms with Crippen molar-refractivity contribution in [3.63, 3.8) is 0 Å². The average Bonchev–Trinajstić information content (AvgIpc) is 2.53. The zero-order valence-corrected chi connectivity index (χ0v) is 13.5. The van der Waals surface area contributed by atoms with E-state index in [1.54, 1.807) is 6.07 Å². The Labute approximate surface area is 138 Å². The Morgan fingerprint density at radius 2 is 1.50 bits per heavy atom. The van der Waals surface area contributed by atoms with Crippen molar-refractivity contribution in [1.82, 2.24) is 0 Å². The van der Waals surface area contributed by atoms with Gasteiger partial charge in [-0.1, -0.05) is 6.07 Å². The summed E-state index contributed by atoms with van der Waals surface area (Å²) in [5, 5.41) is 0. The molecule has 128 valence electrons. The maximum atomic E-state index is 12.5. The van der Waals surface area contributed by atoms with Gasteiger partial charge in [-0.2, -0.15) is 13.2 Å². The summed E-state index contributed by atoms with van der Waals surface area (Å²) in [5.41, 5.74) is 1.46. The average molecular weight is 355 g/mol. The molecular weight excluding hydrogens is 339 g/mol. The molecule has 0 aliphatic heterocycles. The van der Waals surface area contributed by atoms with Gasteiger partial charge in [-0.15, -0.1) is 0 Å². The van der Waals surface area contributed by atoms with E-state index in [4.69, 9.17) is 0 Å². The molecule has 0 heterocycles. The highest BCUT2D eigenvalue weighted by atomic mass is 32.2. The fourth-order valence-electron chi connectivity index (χ4n) is 2.82. The summed E-state index contributed by atoms with van der Waals surface area (Å²) in [5.74, 6) is 0. The molecule has 0 amide bonds. The molecule has 0 spiro atoms. The van der Waals surface area contributed by atoms with Crippen molar-refractivity contribution in [2.24, 2.45) is 0 Å². The molecule has 0 unspecified atom stereocenters. The predicted molar refractivity (Wildman–Crippen MR) is 85.3 cm³/mol. The van der Waals surface area contributed by atoms with Crippen molar-refractivity contribution < 1.29 is 21.6 Å². The second-order valence-electron chi connectivity index (χ2n) is 5.82. The minimum atomic E-state index is -4.45. The van der Waals surface area contributed by atoms with Gasteiger partial charge in [0.25, 0.3) is 10.0 Å². The molecule has 0 radical (unpaired) electrons. The number of fused-ring (bicyclic) bond motifs is 1. The molecule has 24 heavy (non-hydrogen) atoms. The number of nitrogens with one attached hydrogen (secondary N) is 1. The molecule has 0 bridgehead atoms. The summed E-state index contributed by atoms with van der Waals surface area (Å²) in [6, 6.07) is 8.93. The van der Waals surface area contributed by atoms with Crippen molar-refractivity contribution in [1.29, 1.82) is 0 Å². The van der Waals surface area contributed by atoms with Gasteiger partial charge in [0.15, 0.2) is 0 Å². The van der Waals surface area contributed by atoms with Crippen LogP contribution >= 0.6 is 0 Å². The number of hydrogen-bond donors (Lipinski definition) is 1. The number of aryl methyl sites for hydroxylation is 2. The molecule has 0 saturated heterocycles. The number of alkyl halides is 3. The van der Waals surface area contributed by atoms with Crippen LogP contribution in [0, 0.1) is 0 Å². The molecule has 1 aliphatic carbocycles. The van der Waals surface area contributed by atoms with E-state index < -0.39 is 21.8 Å². The zero-order chi connectivity index (χ0) is 17.4. The zero-order valence-electron chi connectivity index (χ0n) is 12.7. The predicted octanol–water partition coefficient (Wildman–Crippen LogP) is 4.39. The molecule has 3 rings (SSSR count). The first-order valence-corrected chi connectivity index (χ1v) is 9.06. The van der Waals surface area contributed by atoms with Gasteiger partial charge < -0.3 is 0 Å². The van der Waals surface area contributed by atoms with Gasteiger partial charge in [0.2, 0.25) is 0 Å². The minimum Gasteiger partial charge on any atom is -0.280 e. The maximum absolute atomic E-state index is 12.5. The molecule has 2 aromatic carbocycles. The topological polar surface area (TPSA) is 46.2 Å². The second kappa shape index (κ2) is 6.12. The Balaban J connectivity index is 1.83. The van der Waals surface area contributed by atoms with Gasteiger partial charge in [-0.3, -0.25) is 4.72 Å². The van der Waals surface area contributed by atoms with Crippen molar-refractivity contribution in [2.75, 3.05) is 4.72 Å². The van der Waals surface area contributed by atoms with Gasteiger partial charge in [0, 0.05) is 5.69 Å². The smallest absolute Gasteiger partial charge is 0.280 e. The summed E-state index contributed by atoms with van der Waals surface area (Å²) < 4.78 is 64.8. The van der Waals surface area contributed by atoms with Crippen LogP contribution in [0.4, 0.5) is 18.9 Å². The van der Waals surface area contributed by atoms with Crippen LogP contribution in [0.2, 0.25) is 0 Å². The fraction of sp³-hybridized carbons (Fsp3) is 0.294. The van der Waals surface area contributed by atoms with Gasteiger partial charge in [-0.05, 0) is 73.2 Å². The van der Waals surface area contributed by atoms with Gasteiger partial charge >= 0.3 is 6.18 Å². The van der Waals surface area contributed by atoms with Crippen molar-refractivity contribution in [2.45, 2.75) is 36.8 Å². The number of halogens is 3. The molecule has 0 fully saturated rings. The van der Waals surface area contributed by atoms with E-state index in [0.717, 1.165) is 61.1 Å². The van der Waals surface area contributed by atoms with Crippen LogP contribution in [0.1, 0.15) is 29.5 Å². The highest BCUT2D eigenvalue weighted by molar-refractivity contribution is 7.92. The summed E-state index contributed by atoms with van der Waals surface area (Å²) in [7, 11) is -3.83. The second-order valence-corrected chi connectivity index (χ2v) is 7.50. The molecule has 7 heteroatoms. The van der Waals surface area contributed by atoms with E-state index in [2.05, 4.69) is 4.72 Å². The number of sulfonamides is 1. The van der Waals surface area contributed by atoms with E-state index in [9.17, 15) is 21.6 Å². The summed E-state index contributed by atoms with van der Waals surface area (Å²) in [4.78, 5) is 0.128. The lowest BCUT2D eigenvalue weighted by Gasteiger charge is -2.17. The quantitative estimate of drug-likeness (QED) is 0.888.